The van der Waals surface area contributed by atoms with Crippen molar-refractivity contribution in [1.82, 2.24) is 14.5 Å². The fourth-order valence-electron chi connectivity index (χ4n) is 3.90. The number of alkyl halides is 3. The molecule has 4 rings (SSSR count). The lowest BCUT2D eigenvalue weighted by Gasteiger charge is -2.29. The second-order valence-corrected chi connectivity index (χ2v) is 9.80. The van der Waals surface area contributed by atoms with Gasteiger partial charge in [0.05, 0.1) is 22.5 Å². The molecule has 2 aromatic carbocycles. The third-order valence-electron chi connectivity index (χ3n) is 5.37. The van der Waals surface area contributed by atoms with Crippen LogP contribution in [0.1, 0.15) is 17.8 Å². The van der Waals surface area contributed by atoms with E-state index in [0.717, 1.165) is 10.1 Å². The van der Waals surface area contributed by atoms with Crippen LogP contribution in [0.4, 0.5) is 13.2 Å². The second-order valence-electron chi connectivity index (χ2n) is 7.57. The number of halogens is 3. The molecule has 164 valence electrons. The molecule has 1 atom stereocenters. The molecule has 1 fully saturated rings. The summed E-state index contributed by atoms with van der Waals surface area (Å²) in [6, 6.07) is 14.5. The minimum Gasteiger partial charge on any atom is -0.333 e. The van der Waals surface area contributed by atoms with Gasteiger partial charge in [-0.25, -0.2) is 13.4 Å². The lowest BCUT2D eigenvalue weighted by Crippen LogP contribution is -2.42. The first-order valence-corrected chi connectivity index (χ1v) is 11.5. The topological polar surface area (TPSA) is 72.3 Å². The molecule has 2 heterocycles. The summed E-state index contributed by atoms with van der Waals surface area (Å²) >= 11 is 0. The van der Waals surface area contributed by atoms with Crippen LogP contribution in [0.5, 0.6) is 0 Å². The van der Waals surface area contributed by atoms with Gasteiger partial charge in [0.2, 0.25) is 11.7 Å². The average Bonchev–Trinajstić information content (AvgIpc) is 3.27. The molecule has 31 heavy (non-hydrogen) atoms. The molecule has 6 nitrogen and oxygen atoms in total. The van der Waals surface area contributed by atoms with Crippen molar-refractivity contribution in [3.63, 3.8) is 0 Å². The standard InChI is InChI=1S/C21H20F3N3O3S/c22-21(23,24)20-25-17-8-4-5-9-18(17)27(20)13-19(28)26(12-15-6-2-1-3-7-15)16-10-11-31(29,30)14-16/h1-9,16H,10-14H2/t16-/m0/s1. The van der Waals surface area contributed by atoms with E-state index >= 15 is 0 Å². The lowest BCUT2D eigenvalue weighted by atomic mass is 10.1. The summed E-state index contributed by atoms with van der Waals surface area (Å²) in [5.41, 5.74) is 1.11. The van der Waals surface area contributed by atoms with E-state index in [9.17, 15) is 26.4 Å². The summed E-state index contributed by atoms with van der Waals surface area (Å²) in [4.78, 5) is 18.3. The second kappa shape index (κ2) is 7.99. The minimum atomic E-state index is -4.74. The van der Waals surface area contributed by atoms with Crippen molar-refractivity contribution in [1.29, 1.82) is 0 Å². The summed E-state index contributed by atoms with van der Waals surface area (Å²) in [5.74, 6) is -1.97. The number of nitrogens with zero attached hydrogens (tertiary/aromatic N) is 3. The van der Waals surface area contributed by atoms with E-state index in [1.54, 1.807) is 36.4 Å². The number of benzene rings is 2. The molecule has 3 aromatic rings. The van der Waals surface area contributed by atoms with Crippen molar-refractivity contribution < 1.29 is 26.4 Å². The number of carbonyl (C=O) groups excluding carboxylic acids is 1. The largest absolute Gasteiger partial charge is 0.449 e. The Hall–Kier alpha value is -2.88. The zero-order valence-corrected chi connectivity index (χ0v) is 17.2. The number of hydrogen-bond acceptors (Lipinski definition) is 4. The van der Waals surface area contributed by atoms with Crippen LogP contribution in [0.25, 0.3) is 11.0 Å². The van der Waals surface area contributed by atoms with Crippen LogP contribution in [0.2, 0.25) is 0 Å². The van der Waals surface area contributed by atoms with E-state index in [1.807, 2.05) is 6.07 Å². The molecule has 0 N–H and O–H groups in total. The first kappa shape index (κ1) is 21.4. The van der Waals surface area contributed by atoms with Gasteiger partial charge in [0.15, 0.2) is 9.84 Å². The quantitative estimate of drug-likeness (QED) is 0.597. The molecular formula is C21H20F3N3O3S. The van der Waals surface area contributed by atoms with E-state index in [2.05, 4.69) is 4.98 Å². The number of amides is 1. The van der Waals surface area contributed by atoms with Gasteiger partial charge in [-0.3, -0.25) is 4.79 Å². The van der Waals surface area contributed by atoms with Gasteiger partial charge in [0, 0.05) is 12.6 Å². The Balaban J connectivity index is 1.69. The maximum atomic E-state index is 13.6. The van der Waals surface area contributed by atoms with E-state index in [0.29, 0.717) is 0 Å². The van der Waals surface area contributed by atoms with Gasteiger partial charge >= 0.3 is 6.18 Å². The van der Waals surface area contributed by atoms with Gasteiger partial charge in [0.25, 0.3) is 0 Å². The Morgan fingerprint density at radius 1 is 1.10 bits per heavy atom. The molecule has 1 aliphatic heterocycles. The number of imidazole rings is 1. The van der Waals surface area contributed by atoms with Crippen LogP contribution >= 0.6 is 0 Å². The van der Waals surface area contributed by atoms with Crippen molar-refractivity contribution in [3.05, 3.63) is 66.0 Å². The van der Waals surface area contributed by atoms with Crippen LogP contribution in [0.3, 0.4) is 0 Å². The Morgan fingerprint density at radius 2 is 1.77 bits per heavy atom. The highest BCUT2D eigenvalue weighted by Gasteiger charge is 2.39. The SMILES string of the molecule is O=C(Cn1c(C(F)(F)F)nc2ccccc21)N(Cc1ccccc1)[C@H]1CCS(=O)(=O)C1. The Kier molecular flexibility index (Phi) is 5.50. The van der Waals surface area contributed by atoms with E-state index in [1.165, 1.54) is 17.0 Å². The van der Waals surface area contributed by atoms with Gasteiger partial charge in [-0.1, -0.05) is 42.5 Å². The first-order chi connectivity index (χ1) is 14.6. The number of para-hydroxylation sites is 2. The molecule has 0 spiro atoms. The van der Waals surface area contributed by atoms with Crippen LogP contribution in [0, 0.1) is 0 Å². The van der Waals surface area contributed by atoms with Crippen LogP contribution in [-0.4, -0.2) is 46.3 Å². The summed E-state index contributed by atoms with van der Waals surface area (Å²) in [5, 5.41) is 0. The van der Waals surface area contributed by atoms with Gasteiger partial charge < -0.3 is 9.47 Å². The molecule has 0 bridgehead atoms. The van der Waals surface area contributed by atoms with E-state index in [4.69, 9.17) is 0 Å². The Labute approximate surface area is 177 Å². The predicted octanol–water partition coefficient (Wildman–Crippen LogP) is 3.27. The van der Waals surface area contributed by atoms with Gasteiger partial charge in [-0.05, 0) is 24.1 Å². The van der Waals surface area contributed by atoms with Gasteiger partial charge in [0.1, 0.15) is 6.54 Å². The number of carbonyl (C=O) groups is 1. The van der Waals surface area contributed by atoms with Crippen molar-refractivity contribution in [3.8, 4) is 0 Å². The molecule has 1 aromatic heterocycles. The number of fused-ring (bicyclic) bond motifs is 1. The fraction of sp³-hybridized carbons (Fsp3) is 0.333. The zero-order valence-electron chi connectivity index (χ0n) is 16.4. The maximum absolute atomic E-state index is 13.6. The Bertz CT molecular complexity index is 1210. The number of rotatable bonds is 5. The van der Waals surface area contributed by atoms with E-state index in [-0.39, 0.29) is 35.5 Å². The highest BCUT2D eigenvalue weighted by molar-refractivity contribution is 7.91. The molecule has 1 aliphatic rings. The molecule has 0 radical (unpaired) electrons. The number of hydrogen-bond donors (Lipinski definition) is 0. The van der Waals surface area contributed by atoms with Gasteiger partial charge in [-0.2, -0.15) is 13.2 Å². The average molecular weight is 451 g/mol. The van der Waals surface area contributed by atoms with Crippen molar-refractivity contribution in [2.75, 3.05) is 11.5 Å². The van der Waals surface area contributed by atoms with E-state index < -0.39 is 40.3 Å². The summed E-state index contributed by atoms with van der Waals surface area (Å²) < 4.78 is 65.7. The zero-order chi connectivity index (χ0) is 22.2. The third kappa shape index (κ3) is 4.58. The molecule has 10 heteroatoms. The van der Waals surface area contributed by atoms with Crippen LogP contribution in [0.15, 0.2) is 54.6 Å². The summed E-state index contributed by atoms with van der Waals surface area (Å²) in [6.07, 6.45) is -4.47. The molecule has 0 saturated carbocycles. The van der Waals surface area contributed by atoms with Crippen molar-refractivity contribution >= 4 is 26.8 Å². The normalized spacial score (nSPS) is 18.4. The van der Waals surface area contributed by atoms with Crippen LogP contribution in [-0.2, 0) is 33.9 Å². The number of aromatic nitrogens is 2. The molecule has 1 saturated heterocycles. The lowest BCUT2D eigenvalue weighted by molar-refractivity contribution is -0.148. The molecule has 1 amide bonds. The molecular weight excluding hydrogens is 431 g/mol. The van der Waals surface area contributed by atoms with Crippen molar-refractivity contribution in [2.24, 2.45) is 0 Å². The first-order valence-electron chi connectivity index (χ1n) is 9.70. The predicted molar refractivity (Wildman–Crippen MR) is 109 cm³/mol. The highest BCUT2D eigenvalue weighted by Crippen LogP contribution is 2.32. The third-order valence-corrected chi connectivity index (χ3v) is 7.12. The maximum Gasteiger partial charge on any atom is 0.449 e. The summed E-state index contributed by atoms with van der Waals surface area (Å²) in [6.45, 7) is -0.466. The summed E-state index contributed by atoms with van der Waals surface area (Å²) in [7, 11) is -3.29. The van der Waals surface area contributed by atoms with Crippen molar-refractivity contribution in [2.45, 2.75) is 31.7 Å². The molecule has 0 aliphatic carbocycles. The molecule has 0 unspecified atom stereocenters. The fourth-order valence-corrected chi connectivity index (χ4v) is 5.63. The Morgan fingerprint density at radius 3 is 2.42 bits per heavy atom. The minimum absolute atomic E-state index is 0.0436. The van der Waals surface area contributed by atoms with Crippen LogP contribution < -0.4 is 0 Å². The number of sulfone groups is 1. The smallest absolute Gasteiger partial charge is 0.333 e. The monoisotopic (exact) mass is 451 g/mol. The highest BCUT2D eigenvalue weighted by atomic mass is 32.2. The van der Waals surface area contributed by atoms with Gasteiger partial charge in [-0.15, -0.1) is 0 Å².